The Morgan fingerprint density at radius 3 is 2.26 bits per heavy atom. The fraction of sp³-hybridized carbons (Fsp3) is 0.188. The maximum Gasteiger partial charge on any atom is 0.276 e. The predicted molar refractivity (Wildman–Crippen MR) is 86.5 cm³/mol. The number of hydrogen-bond acceptors (Lipinski definition) is 4. The monoisotopic (exact) mass is 336 g/mol. The third kappa shape index (κ3) is 5.07. The van der Waals surface area contributed by atoms with E-state index in [1.165, 1.54) is 42.6 Å². The van der Waals surface area contributed by atoms with E-state index in [1.54, 1.807) is 12.1 Å². The first-order chi connectivity index (χ1) is 10.9. The number of sulfonamides is 1. The van der Waals surface area contributed by atoms with Crippen LogP contribution in [-0.2, 0) is 10.0 Å². The third-order valence-corrected chi connectivity index (χ3v) is 4.00. The highest BCUT2D eigenvalue weighted by Crippen LogP contribution is 2.17. The van der Waals surface area contributed by atoms with Crippen molar-refractivity contribution >= 4 is 16.2 Å². The molecule has 0 aliphatic heterocycles. The van der Waals surface area contributed by atoms with Crippen molar-refractivity contribution in [1.82, 2.24) is 4.83 Å². The van der Waals surface area contributed by atoms with Gasteiger partial charge in [-0.25, -0.2) is 9.22 Å². The minimum Gasteiger partial charge on any atom is -0.491 e. The fourth-order valence-electron chi connectivity index (χ4n) is 1.74. The van der Waals surface area contributed by atoms with Crippen molar-refractivity contribution in [1.29, 1.82) is 0 Å². The second-order valence-corrected chi connectivity index (χ2v) is 6.70. The van der Waals surface area contributed by atoms with Gasteiger partial charge in [-0.2, -0.15) is 13.5 Å². The molecule has 0 aliphatic rings. The first-order valence-electron chi connectivity index (χ1n) is 6.94. The molecule has 2 rings (SSSR count). The van der Waals surface area contributed by atoms with E-state index < -0.39 is 10.0 Å². The van der Waals surface area contributed by atoms with Crippen molar-refractivity contribution < 1.29 is 17.5 Å². The summed E-state index contributed by atoms with van der Waals surface area (Å²) in [5.41, 5.74) is 0.579. The van der Waals surface area contributed by atoms with Crippen LogP contribution in [0.1, 0.15) is 19.4 Å². The standard InChI is InChI=1S/C16H17FN2O3S/c1-12(2)22-15-7-9-16(10-8-15)23(20,21)19-18-11-13-3-5-14(17)6-4-13/h3-12,19H,1-2H3/b18-11+. The number of halogens is 1. The second kappa shape index (κ2) is 7.23. The molecule has 0 fully saturated rings. The van der Waals surface area contributed by atoms with Gasteiger partial charge in [0, 0.05) is 0 Å². The van der Waals surface area contributed by atoms with Crippen LogP contribution in [0.4, 0.5) is 4.39 Å². The van der Waals surface area contributed by atoms with Gasteiger partial charge in [-0.15, -0.1) is 0 Å². The van der Waals surface area contributed by atoms with Crippen molar-refractivity contribution in [2.45, 2.75) is 24.8 Å². The molecule has 0 heterocycles. The van der Waals surface area contributed by atoms with Crippen LogP contribution in [0.5, 0.6) is 5.75 Å². The van der Waals surface area contributed by atoms with Gasteiger partial charge < -0.3 is 4.74 Å². The smallest absolute Gasteiger partial charge is 0.276 e. The van der Waals surface area contributed by atoms with E-state index >= 15 is 0 Å². The molecule has 0 amide bonds. The van der Waals surface area contributed by atoms with Crippen LogP contribution in [0.2, 0.25) is 0 Å². The molecule has 122 valence electrons. The molecule has 0 saturated heterocycles. The van der Waals surface area contributed by atoms with Crippen LogP contribution in [0, 0.1) is 5.82 Å². The Morgan fingerprint density at radius 1 is 1.09 bits per heavy atom. The van der Waals surface area contributed by atoms with Crippen LogP contribution in [0.15, 0.2) is 58.5 Å². The molecule has 0 atom stereocenters. The van der Waals surface area contributed by atoms with Gasteiger partial charge in [0.1, 0.15) is 11.6 Å². The summed E-state index contributed by atoms with van der Waals surface area (Å²) in [6.07, 6.45) is 1.31. The second-order valence-electron chi connectivity index (χ2n) is 5.04. The van der Waals surface area contributed by atoms with E-state index in [0.717, 1.165) is 0 Å². The number of benzene rings is 2. The van der Waals surface area contributed by atoms with Crippen molar-refractivity contribution in [3.63, 3.8) is 0 Å². The summed E-state index contributed by atoms with van der Waals surface area (Å²) in [7, 11) is -3.76. The number of nitrogens with zero attached hydrogens (tertiary/aromatic N) is 1. The lowest BCUT2D eigenvalue weighted by molar-refractivity contribution is 0.242. The number of ether oxygens (including phenoxy) is 1. The highest BCUT2D eigenvalue weighted by Gasteiger charge is 2.12. The van der Waals surface area contributed by atoms with Crippen LogP contribution < -0.4 is 9.57 Å². The molecule has 5 nitrogen and oxygen atoms in total. The van der Waals surface area contributed by atoms with E-state index in [9.17, 15) is 12.8 Å². The van der Waals surface area contributed by atoms with Gasteiger partial charge in [-0.3, -0.25) is 0 Å². The molecule has 0 aliphatic carbocycles. The Balaban J connectivity index is 2.05. The van der Waals surface area contributed by atoms with Gasteiger partial charge in [0.05, 0.1) is 17.2 Å². The predicted octanol–water partition coefficient (Wildman–Crippen LogP) is 2.93. The van der Waals surface area contributed by atoms with Crippen LogP contribution in [0.25, 0.3) is 0 Å². The summed E-state index contributed by atoms with van der Waals surface area (Å²) in [6, 6.07) is 11.6. The Labute approximate surface area is 134 Å². The van der Waals surface area contributed by atoms with Gasteiger partial charge in [-0.1, -0.05) is 12.1 Å². The first-order valence-corrected chi connectivity index (χ1v) is 8.42. The number of hydrazone groups is 1. The SMILES string of the molecule is CC(C)Oc1ccc(S(=O)(=O)N/N=C/c2ccc(F)cc2)cc1. The summed E-state index contributed by atoms with van der Waals surface area (Å²) in [5.74, 6) is 0.222. The number of rotatable bonds is 6. The van der Waals surface area contributed by atoms with E-state index in [2.05, 4.69) is 9.93 Å². The van der Waals surface area contributed by atoms with Gasteiger partial charge in [0.15, 0.2) is 0 Å². The summed E-state index contributed by atoms with van der Waals surface area (Å²) < 4.78 is 42.4. The normalized spacial score (nSPS) is 11.8. The van der Waals surface area contributed by atoms with E-state index in [4.69, 9.17) is 4.74 Å². The molecular weight excluding hydrogens is 319 g/mol. The largest absolute Gasteiger partial charge is 0.491 e. The highest BCUT2D eigenvalue weighted by atomic mass is 32.2. The van der Waals surface area contributed by atoms with Crippen molar-refractivity contribution in [3.8, 4) is 5.75 Å². The molecule has 0 bridgehead atoms. The summed E-state index contributed by atoms with van der Waals surface area (Å²) in [6.45, 7) is 3.77. The maximum absolute atomic E-state index is 12.8. The summed E-state index contributed by atoms with van der Waals surface area (Å²) >= 11 is 0. The maximum atomic E-state index is 12.8. The average molecular weight is 336 g/mol. The lowest BCUT2D eigenvalue weighted by Crippen LogP contribution is -2.18. The molecule has 0 unspecified atom stereocenters. The fourth-order valence-corrected chi connectivity index (χ4v) is 2.53. The Bertz CT molecular complexity index is 770. The van der Waals surface area contributed by atoms with E-state index in [0.29, 0.717) is 11.3 Å². The summed E-state index contributed by atoms with van der Waals surface area (Å²) in [5, 5.41) is 3.67. The van der Waals surface area contributed by atoms with Crippen molar-refractivity contribution in [3.05, 3.63) is 59.9 Å². The van der Waals surface area contributed by atoms with Crippen LogP contribution in [-0.4, -0.2) is 20.7 Å². The third-order valence-electron chi connectivity index (χ3n) is 2.76. The van der Waals surface area contributed by atoms with Crippen molar-refractivity contribution in [2.24, 2.45) is 5.10 Å². The number of hydrogen-bond donors (Lipinski definition) is 1. The average Bonchev–Trinajstić information content (AvgIpc) is 2.49. The quantitative estimate of drug-likeness (QED) is 0.651. The Morgan fingerprint density at radius 2 is 1.70 bits per heavy atom. The molecule has 0 spiro atoms. The van der Waals surface area contributed by atoms with Crippen LogP contribution >= 0.6 is 0 Å². The van der Waals surface area contributed by atoms with Gasteiger partial charge in [0.2, 0.25) is 0 Å². The number of nitrogens with one attached hydrogen (secondary N) is 1. The van der Waals surface area contributed by atoms with E-state index in [-0.39, 0.29) is 16.8 Å². The van der Waals surface area contributed by atoms with Crippen LogP contribution in [0.3, 0.4) is 0 Å². The minimum atomic E-state index is -3.76. The van der Waals surface area contributed by atoms with E-state index in [1.807, 2.05) is 13.8 Å². The molecule has 2 aromatic rings. The molecule has 2 aromatic carbocycles. The first kappa shape index (κ1) is 17.0. The topological polar surface area (TPSA) is 67.8 Å². The zero-order chi connectivity index (χ0) is 16.9. The molecule has 7 heteroatoms. The Hall–Kier alpha value is -2.41. The molecule has 0 aromatic heterocycles. The lowest BCUT2D eigenvalue weighted by Gasteiger charge is -2.10. The van der Waals surface area contributed by atoms with Gasteiger partial charge in [-0.05, 0) is 55.8 Å². The van der Waals surface area contributed by atoms with Gasteiger partial charge in [0.25, 0.3) is 10.0 Å². The lowest BCUT2D eigenvalue weighted by atomic mass is 10.2. The summed E-state index contributed by atoms with van der Waals surface area (Å²) in [4.78, 5) is 2.18. The molecular formula is C16H17FN2O3S. The Kier molecular flexibility index (Phi) is 5.33. The zero-order valence-corrected chi connectivity index (χ0v) is 13.5. The molecule has 0 saturated carbocycles. The molecule has 23 heavy (non-hydrogen) atoms. The minimum absolute atomic E-state index is 0.0101. The van der Waals surface area contributed by atoms with Crippen molar-refractivity contribution in [2.75, 3.05) is 0 Å². The van der Waals surface area contributed by atoms with Gasteiger partial charge >= 0.3 is 0 Å². The molecule has 0 radical (unpaired) electrons. The zero-order valence-electron chi connectivity index (χ0n) is 12.7. The molecule has 1 N–H and O–H groups in total. The highest BCUT2D eigenvalue weighted by molar-refractivity contribution is 7.89.